The van der Waals surface area contributed by atoms with Gasteiger partial charge in [0, 0.05) is 34.4 Å². The number of rotatable bonds is 5. The topological polar surface area (TPSA) is 20.3 Å². The van der Waals surface area contributed by atoms with Gasteiger partial charge in [-0.25, -0.2) is 0 Å². The molecule has 0 amide bonds. The third-order valence-electron chi connectivity index (χ3n) is 3.55. The van der Waals surface area contributed by atoms with E-state index in [1.54, 1.807) is 0 Å². The van der Waals surface area contributed by atoms with Crippen molar-refractivity contribution in [3.05, 3.63) is 0 Å². The van der Waals surface area contributed by atoms with E-state index in [1.165, 1.54) is 32.2 Å². The van der Waals surface area contributed by atoms with Crippen molar-refractivity contribution in [2.45, 2.75) is 57.7 Å². The minimum atomic E-state index is -0.586. The van der Waals surface area contributed by atoms with Crippen molar-refractivity contribution in [3.8, 4) is 0 Å². The number of hydrogen-bond acceptors (Lipinski definition) is 2. The van der Waals surface area contributed by atoms with Crippen LogP contribution in [-0.2, 0) is 10.8 Å². The zero-order valence-corrected chi connectivity index (χ0v) is 11.2. The number of nitrogens with zero attached hydrogens (tertiary/aromatic N) is 1. The van der Waals surface area contributed by atoms with Crippen LogP contribution in [0, 0.1) is 0 Å². The number of unbranched alkanes of at least 4 members (excludes halogenated alkanes) is 3. The van der Waals surface area contributed by atoms with Crippen molar-refractivity contribution < 1.29 is 4.21 Å². The summed E-state index contributed by atoms with van der Waals surface area (Å²) in [5, 5.41) is 0.352. The van der Waals surface area contributed by atoms with Gasteiger partial charge in [0.1, 0.15) is 0 Å². The van der Waals surface area contributed by atoms with Gasteiger partial charge in [-0.3, -0.25) is 9.11 Å². The molecule has 0 N–H and O–H groups in total. The normalized spacial score (nSPS) is 33.1. The fourth-order valence-electron chi connectivity index (χ4n) is 2.17. The summed E-state index contributed by atoms with van der Waals surface area (Å²) in [7, 11) is -0.586. The van der Waals surface area contributed by atoms with Crippen LogP contribution in [0.5, 0.6) is 0 Å². The summed E-state index contributed by atoms with van der Waals surface area (Å²) < 4.78 is 11.6. The van der Waals surface area contributed by atoms with Crippen LogP contribution in [-0.4, -0.2) is 39.2 Å². The Morgan fingerprint density at radius 3 is 2.67 bits per heavy atom. The van der Waals surface area contributed by atoms with Gasteiger partial charge in [-0.05, 0) is 26.8 Å². The molecule has 3 heteroatoms. The summed E-state index contributed by atoms with van der Waals surface area (Å²) in [6.07, 6.45) is 5.30. The first-order chi connectivity index (χ1) is 7.16. The predicted octanol–water partition coefficient (Wildman–Crippen LogP) is 2.41. The molecule has 0 unspecified atom stereocenters. The van der Waals surface area contributed by atoms with Crippen molar-refractivity contribution in [3.63, 3.8) is 0 Å². The highest BCUT2D eigenvalue weighted by Gasteiger charge is 2.29. The Morgan fingerprint density at radius 1 is 1.27 bits per heavy atom. The monoisotopic (exact) mass is 231 g/mol. The van der Waals surface area contributed by atoms with Crippen LogP contribution < -0.4 is 0 Å². The second-order valence-electron chi connectivity index (χ2n) is 4.63. The van der Waals surface area contributed by atoms with Gasteiger partial charge in [0.2, 0.25) is 0 Å². The van der Waals surface area contributed by atoms with E-state index >= 15 is 0 Å². The molecule has 1 saturated heterocycles. The molecule has 0 aromatic carbocycles. The number of hydrogen-bond donors (Lipinski definition) is 0. The molecule has 0 spiro atoms. The van der Waals surface area contributed by atoms with Crippen LogP contribution in [0.25, 0.3) is 0 Å². The maximum Gasteiger partial charge on any atom is 0.0473 e. The van der Waals surface area contributed by atoms with E-state index in [-0.39, 0.29) is 0 Å². The molecule has 90 valence electrons. The summed E-state index contributed by atoms with van der Waals surface area (Å²) in [5.41, 5.74) is 0. The molecule has 0 aromatic rings. The minimum Gasteiger partial charge on any atom is -0.299 e. The van der Waals surface area contributed by atoms with Crippen molar-refractivity contribution >= 4 is 10.8 Å². The Labute approximate surface area is 96.9 Å². The van der Waals surface area contributed by atoms with Gasteiger partial charge in [0.05, 0.1) is 0 Å². The van der Waals surface area contributed by atoms with E-state index in [0.717, 1.165) is 12.3 Å². The van der Waals surface area contributed by atoms with Gasteiger partial charge < -0.3 is 0 Å². The molecule has 0 radical (unpaired) electrons. The molecule has 1 aliphatic heterocycles. The Morgan fingerprint density at radius 2 is 2.00 bits per heavy atom. The van der Waals surface area contributed by atoms with E-state index in [1.807, 2.05) is 0 Å². The van der Waals surface area contributed by atoms with Gasteiger partial charge in [0.15, 0.2) is 0 Å². The fraction of sp³-hybridized carbons (Fsp3) is 1.00. The SMILES string of the molecule is CCCCCCN1CC[S@](=O)[C@@H](C)[C@@H]1C. The Bertz CT molecular complexity index is 208. The molecule has 3 atom stereocenters. The maximum atomic E-state index is 11.6. The summed E-state index contributed by atoms with van der Waals surface area (Å²) >= 11 is 0. The van der Waals surface area contributed by atoms with Crippen LogP contribution in [0.3, 0.4) is 0 Å². The second kappa shape index (κ2) is 6.64. The van der Waals surface area contributed by atoms with Gasteiger partial charge >= 0.3 is 0 Å². The lowest BCUT2D eigenvalue weighted by Crippen LogP contribution is -2.49. The summed E-state index contributed by atoms with van der Waals surface area (Å²) in [5.74, 6) is 0.874. The molecule has 0 aromatic heterocycles. The minimum absolute atomic E-state index is 0.352. The Hall–Kier alpha value is 0.110. The summed E-state index contributed by atoms with van der Waals surface area (Å²) in [6.45, 7) is 8.82. The lowest BCUT2D eigenvalue weighted by atomic mass is 10.1. The molecule has 0 aliphatic carbocycles. The standard InChI is InChI=1S/C12H25NOS/c1-4-5-6-7-8-13-9-10-15(14)12(3)11(13)2/h11-12H,4-10H2,1-3H3/t11-,12-,15-/m0/s1. The third kappa shape index (κ3) is 3.87. The molecule has 1 fully saturated rings. The average Bonchev–Trinajstić information content (AvgIpc) is 2.24. The van der Waals surface area contributed by atoms with Crippen molar-refractivity contribution in [2.24, 2.45) is 0 Å². The van der Waals surface area contributed by atoms with E-state index in [9.17, 15) is 4.21 Å². The Balaban J connectivity index is 2.26. The molecule has 0 bridgehead atoms. The molecule has 1 heterocycles. The van der Waals surface area contributed by atoms with Gasteiger partial charge in [-0.2, -0.15) is 0 Å². The predicted molar refractivity (Wildman–Crippen MR) is 67.6 cm³/mol. The molecular formula is C12H25NOS. The summed E-state index contributed by atoms with van der Waals surface area (Å²) in [4.78, 5) is 2.52. The largest absolute Gasteiger partial charge is 0.299 e. The van der Waals surface area contributed by atoms with Crippen molar-refractivity contribution in [2.75, 3.05) is 18.8 Å². The lowest BCUT2D eigenvalue weighted by Gasteiger charge is -2.37. The second-order valence-corrected chi connectivity index (χ2v) is 6.54. The van der Waals surface area contributed by atoms with E-state index in [2.05, 4.69) is 25.7 Å². The molecule has 2 nitrogen and oxygen atoms in total. The zero-order chi connectivity index (χ0) is 11.3. The third-order valence-corrected chi connectivity index (χ3v) is 5.36. The molecule has 1 rings (SSSR count). The zero-order valence-electron chi connectivity index (χ0n) is 10.4. The van der Waals surface area contributed by atoms with E-state index in [0.29, 0.717) is 11.3 Å². The average molecular weight is 231 g/mol. The first kappa shape index (κ1) is 13.2. The van der Waals surface area contributed by atoms with Crippen LogP contribution in [0.2, 0.25) is 0 Å². The lowest BCUT2D eigenvalue weighted by molar-refractivity contribution is 0.205. The molecule has 15 heavy (non-hydrogen) atoms. The summed E-state index contributed by atoms with van der Waals surface area (Å²) in [6, 6.07) is 0.501. The first-order valence-corrected chi connectivity index (χ1v) is 7.66. The van der Waals surface area contributed by atoms with Crippen molar-refractivity contribution in [1.29, 1.82) is 0 Å². The highest BCUT2D eigenvalue weighted by atomic mass is 32.2. The van der Waals surface area contributed by atoms with Crippen LogP contribution in [0.15, 0.2) is 0 Å². The quantitative estimate of drug-likeness (QED) is 0.677. The fourth-order valence-corrected chi connectivity index (χ4v) is 3.57. The molecular weight excluding hydrogens is 206 g/mol. The van der Waals surface area contributed by atoms with Gasteiger partial charge in [-0.15, -0.1) is 0 Å². The Kier molecular flexibility index (Phi) is 5.83. The van der Waals surface area contributed by atoms with Crippen LogP contribution in [0.1, 0.15) is 46.5 Å². The highest BCUT2D eigenvalue weighted by molar-refractivity contribution is 7.85. The first-order valence-electron chi connectivity index (χ1n) is 6.28. The smallest absolute Gasteiger partial charge is 0.0473 e. The van der Waals surface area contributed by atoms with Gasteiger partial charge in [-0.1, -0.05) is 26.2 Å². The van der Waals surface area contributed by atoms with Crippen molar-refractivity contribution in [1.82, 2.24) is 4.90 Å². The van der Waals surface area contributed by atoms with Gasteiger partial charge in [0.25, 0.3) is 0 Å². The van der Waals surface area contributed by atoms with E-state index in [4.69, 9.17) is 0 Å². The highest BCUT2D eigenvalue weighted by Crippen LogP contribution is 2.17. The van der Waals surface area contributed by atoms with E-state index < -0.39 is 10.8 Å². The van der Waals surface area contributed by atoms with Crippen LogP contribution >= 0.6 is 0 Å². The maximum absolute atomic E-state index is 11.6. The molecule has 0 saturated carbocycles. The van der Waals surface area contributed by atoms with Crippen LogP contribution in [0.4, 0.5) is 0 Å². The molecule has 1 aliphatic rings.